The lowest BCUT2D eigenvalue weighted by atomic mass is 10.0. The van der Waals surface area contributed by atoms with Gasteiger partial charge >= 0.3 is 5.97 Å². The summed E-state index contributed by atoms with van der Waals surface area (Å²) < 4.78 is 0. The molecular formula is C23H37N7O7. The van der Waals surface area contributed by atoms with Gasteiger partial charge in [-0.05, 0) is 42.9 Å². The monoisotopic (exact) mass is 523 g/mol. The summed E-state index contributed by atoms with van der Waals surface area (Å²) >= 11 is 0. The van der Waals surface area contributed by atoms with E-state index < -0.39 is 60.4 Å². The minimum absolute atomic E-state index is 0.0600. The number of aliphatic hydroxyl groups excluding tert-OH is 1. The Bertz CT molecular complexity index is 949. The molecule has 1 rings (SSSR count). The maximum atomic E-state index is 13.0. The second-order valence-corrected chi connectivity index (χ2v) is 8.80. The van der Waals surface area contributed by atoms with Gasteiger partial charge in [0.15, 0.2) is 5.96 Å². The van der Waals surface area contributed by atoms with E-state index in [1.807, 2.05) is 0 Å². The maximum absolute atomic E-state index is 13.0. The SMILES string of the molecule is CC(C)[C@H](NC(=O)[C@H](CO)NC(=O)[C@H](CCCN=C(N)N)NC(=O)[C@@H](N)Cc1ccc(O)cc1)C(=O)O. The Morgan fingerprint density at radius 1 is 0.946 bits per heavy atom. The summed E-state index contributed by atoms with van der Waals surface area (Å²) in [6.07, 6.45) is 0.486. The predicted molar refractivity (Wildman–Crippen MR) is 135 cm³/mol. The number of aliphatic imine (C=N–C) groups is 1. The number of guanidine groups is 1. The number of carboxylic acid groups (broad SMARTS) is 1. The summed E-state index contributed by atoms with van der Waals surface area (Å²) in [6.45, 7) is 2.54. The molecule has 0 spiro atoms. The molecule has 3 amide bonds. The third-order valence-electron chi connectivity index (χ3n) is 5.35. The van der Waals surface area contributed by atoms with E-state index in [0.717, 1.165) is 0 Å². The van der Waals surface area contributed by atoms with Crippen LogP contribution < -0.4 is 33.2 Å². The zero-order valence-corrected chi connectivity index (χ0v) is 20.9. The van der Waals surface area contributed by atoms with Gasteiger partial charge in [0.25, 0.3) is 0 Å². The Morgan fingerprint density at radius 3 is 2.03 bits per heavy atom. The number of amides is 3. The van der Waals surface area contributed by atoms with Crippen LogP contribution in [0.15, 0.2) is 29.3 Å². The number of benzene rings is 1. The number of aliphatic carboxylic acids is 1. The number of nitrogens with two attached hydrogens (primary N) is 3. The van der Waals surface area contributed by atoms with Crippen LogP contribution in [0.25, 0.3) is 0 Å². The molecule has 12 N–H and O–H groups in total. The van der Waals surface area contributed by atoms with Crippen LogP contribution in [-0.4, -0.2) is 82.3 Å². The van der Waals surface area contributed by atoms with Gasteiger partial charge in [0.1, 0.15) is 23.9 Å². The molecule has 0 aliphatic rings. The van der Waals surface area contributed by atoms with Crippen LogP contribution in [-0.2, 0) is 25.6 Å². The number of rotatable bonds is 15. The van der Waals surface area contributed by atoms with Gasteiger partial charge in [0.05, 0.1) is 12.6 Å². The fourth-order valence-electron chi connectivity index (χ4n) is 3.26. The maximum Gasteiger partial charge on any atom is 0.326 e. The Morgan fingerprint density at radius 2 is 1.51 bits per heavy atom. The smallest absolute Gasteiger partial charge is 0.326 e. The van der Waals surface area contributed by atoms with Crippen molar-refractivity contribution in [3.05, 3.63) is 29.8 Å². The summed E-state index contributed by atoms with van der Waals surface area (Å²) in [7, 11) is 0. The predicted octanol–water partition coefficient (Wildman–Crippen LogP) is -2.50. The van der Waals surface area contributed by atoms with Crippen LogP contribution in [0, 0.1) is 5.92 Å². The highest BCUT2D eigenvalue weighted by Crippen LogP contribution is 2.11. The lowest BCUT2D eigenvalue weighted by Gasteiger charge is -2.25. The number of phenolic OH excluding ortho intramolecular Hbond substituents is 1. The van der Waals surface area contributed by atoms with Gasteiger partial charge in [-0.15, -0.1) is 0 Å². The van der Waals surface area contributed by atoms with Crippen molar-refractivity contribution in [1.29, 1.82) is 0 Å². The minimum Gasteiger partial charge on any atom is -0.508 e. The molecule has 0 aliphatic heterocycles. The number of aliphatic hydroxyl groups is 1. The normalized spacial score (nSPS) is 14.1. The molecule has 0 saturated carbocycles. The van der Waals surface area contributed by atoms with E-state index >= 15 is 0 Å². The van der Waals surface area contributed by atoms with Gasteiger partial charge in [0.2, 0.25) is 17.7 Å². The van der Waals surface area contributed by atoms with Gasteiger partial charge in [-0.25, -0.2) is 4.79 Å². The fourth-order valence-corrected chi connectivity index (χ4v) is 3.26. The topological polar surface area (TPSA) is 255 Å². The highest BCUT2D eigenvalue weighted by molar-refractivity contribution is 5.94. The average molecular weight is 524 g/mol. The molecule has 0 aromatic heterocycles. The second kappa shape index (κ2) is 15.3. The first-order valence-corrected chi connectivity index (χ1v) is 11.7. The van der Waals surface area contributed by atoms with Crippen molar-refractivity contribution in [1.82, 2.24) is 16.0 Å². The number of carboxylic acids is 1. The van der Waals surface area contributed by atoms with Crippen LogP contribution in [0.3, 0.4) is 0 Å². The minimum atomic E-state index is -1.46. The number of phenols is 1. The summed E-state index contributed by atoms with van der Waals surface area (Å²) in [5.41, 5.74) is 17.3. The first-order chi connectivity index (χ1) is 17.3. The molecule has 0 fully saturated rings. The number of aromatic hydroxyl groups is 1. The molecule has 206 valence electrons. The summed E-state index contributed by atoms with van der Waals surface area (Å²) in [4.78, 5) is 53.4. The summed E-state index contributed by atoms with van der Waals surface area (Å²) in [5, 5.41) is 35.5. The zero-order valence-electron chi connectivity index (χ0n) is 20.9. The third kappa shape index (κ3) is 11.1. The molecule has 0 bridgehead atoms. The Kier molecular flexibility index (Phi) is 12.8. The van der Waals surface area contributed by atoms with Crippen molar-refractivity contribution in [2.45, 2.75) is 57.3 Å². The van der Waals surface area contributed by atoms with Gasteiger partial charge < -0.3 is 48.5 Å². The molecular weight excluding hydrogens is 486 g/mol. The van der Waals surface area contributed by atoms with Crippen molar-refractivity contribution < 1.29 is 34.5 Å². The standard InChI is InChI=1S/C23H37N7O7/c1-12(2)18(22(36)37)30-21(35)17(11-31)29-20(34)16(4-3-9-27-23(25)26)28-19(33)15(24)10-13-5-7-14(32)8-6-13/h5-8,12,15-18,31-32H,3-4,9-11,24H2,1-2H3,(H,28,33)(H,29,34)(H,30,35)(H,36,37)(H4,25,26,27)/t15-,16-,17-,18-/m0/s1. The zero-order chi connectivity index (χ0) is 28.1. The molecule has 4 atom stereocenters. The quantitative estimate of drug-likeness (QED) is 0.0663. The Labute approximate surface area is 214 Å². The van der Waals surface area contributed by atoms with Crippen LogP contribution >= 0.6 is 0 Å². The van der Waals surface area contributed by atoms with E-state index in [-0.39, 0.29) is 37.5 Å². The fraction of sp³-hybridized carbons (Fsp3) is 0.522. The second-order valence-electron chi connectivity index (χ2n) is 8.80. The van der Waals surface area contributed by atoms with E-state index in [1.165, 1.54) is 12.1 Å². The van der Waals surface area contributed by atoms with Crippen LogP contribution in [0.1, 0.15) is 32.3 Å². The van der Waals surface area contributed by atoms with Gasteiger partial charge in [-0.1, -0.05) is 26.0 Å². The van der Waals surface area contributed by atoms with Crippen molar-refractivity contribution in [3.63, 3.8) is 0 Å². The number of carbonyl (C=O) groups is 4. The number of nitrogens with zero attached hydrogens (tertiary/aromatic N) is 1. The lowest BCUT2D eigenvalue weighted by molar-refractivity contribution is -0.143. The third-order valence-corrected chi connectivity index (χ3v) is 5.35. The number of hydrogen-bond acceptors (Lipinski definition) is 8. The summed E-state index contributed by atoms with van der Waals surface area (Å²) in [6, 6.07) is 1.23. The molecule has 0 heterocycles. The van der Waals surface area contributed by atoms with E-state index in [4.69, 9.17) is 17.2 Å². The van der Waals surface area contributed by atoms with Crippen molar-refractivity contribution in [2.24, 2.45) is 28.1 Å². The van der Waals surface area contributed by atoms with Gasteiger partial charge in [0, 0.05) is 6.54 Å². The molecule has 0 unspecified atom stereocenters. The molecule has 0 saturated heterocycles. The van der Waals surface area contributed by atoms with E-state index in [9.17, 15) is 34.5 Å². The highest BCUT2D eigenvalue weighted by atomic mass is 16.4. The molecule has 0 radical (unpaired) electrons. The highest BCUT2D eigenvalue weighted by Gasteiger charge is 2.31. The lowest BCUT2D eigenvalue weighted by Crippen LogP contribution is -2.58. The molecule has 14 nitrogen and oxygen atoms in total. The number of hydrogen-bond donors (Lipinski definition) is 9. The average Bonchev–Trinajstić information content (AvgIpc) is 2.83. The van der Waals surface area contributed by atoms with Gasteiger partial charge in [-0.3, -0.25) is 19.4 Å². The molecule has 1 aromatic rings. The van der Waals surface area contributed by atoms with Gasteiger partial charge in [-0.2, -0.15) is 0 Å². The molecule has 1 aromatic carbocycles. The first kappa shape index (κ1) is 31.1. The molecule has 0 aliphatic carbocycles. The first-order valence-electron chi connectivity index (χ1n) is 11.7. The Balaban J connectivity index is 2.93. The van der Waals surface area contributed by atoms with Crippen molar-refractivity contribution >= 4 is 29.7 Å². The van der Waals surface area contributed by atoms with Crippen LogP contribution in [0.2, 0.25) is 0 Å². The van der Waals surface area contributed by atoms with E-state index in [0.29, 0.717) is 5.56 Å². The Hall–Kier alpha value is -3.91. The summed E-state index contributed by atoms with van der Waals surface area (Å²) in [5.74, 6) is -4.13. The van der Waals surface area contributed by atoms with E-state index in [1.54, 1.807) is 26.0 Å². The van der Waals surface area contributed by atoms with Crippen molar-refractivity contribution in [2.75, 3.05) is 13.2 Å². The van der Waals surface area contributed by atoms with E-state index in [2.05, 4.69) is 20.9 Å². The van der Waals surface area contributed by atoms with Crippen molar-refractivity contribution in [3.8, 4) is 5.75 Å². The van der Waals surface area contributed by atoms with Crippen LogP contribution in [0.4, 0.5) is 0 Å². The molecule has 14 heteroatoms. The molecule has 37 heavy (non-hydrogen) atoms. The van der Waals surface area contributed by atoms with Crippen LogP contribution in [0.5, 0.6) is 5.75 Å². The largest absolute Gasteiger partial charge is 0.508 e. The number of carbonyl (C=O) groups excluding carboxylic acids is 3. The number of nitrogens with one attached hydrogen (secondary N) is 3.